The van der Waals surface area contributed by atoms with Crippen molar-refractivity contribution in [3.63, 3.8) is 0 Å². The van der Waals surface area contributed by atoms with Crippen molar-refractivity contribution in [1.29, 1.82) is 0 Å². The summed E-state index contributed by atoms with van der Waals surface area (Å²) in [6.45, 7) is 0.681. The third-order valence-electron chi connectivity index (χ3n) is 2.84. The molecule has 2 aromatic carbocycles. The van der Waals surface area contributed by atoms with E-state index in [0.29, 0.717) is 17.9 Å². The van der Waals surface area contributed by atoms with E-state index >= 15 is 0 Å². The molecule has 0 atom stereocenters. The van der Waals surface area contributed by atoms with Gasteiger partial charge in [-0.05, 0) is 29.8 Å². The molecule has 0 fully saturated rings. The fourth-order valence-electron chi connectivity index (χ4n) is 1.88. The molecule has 0 spiro atoms. The second-order valence-corrected chi connectivity index (χ2v) is 4.17. The van der Waals surface area contributed by atoms with E-state index in [9.17, 15) is 4.79 Å². The number of carbonyl (C=O) groups excluding carboxylic acids is 1. The van der Waals surface area contributed by atoms with Crippen LogP contribution >= 0.6 is 0 Å². The Morgan fingerprint density at radius 1 is 1.11 bits per heavy atom. The lowest BCUT2D eigenvalue weighted by atomic mass is 10.2. The second-order valence-electron chi connectivity index (χ2n) is 4.17. The lowest BCUT2D eigenvalue weighted by Gasteiger charge is -2.07. The Balaban J connectivity index is 1.70. The molecule has 2 aromatic rings. The molecule has 1 heterocycles. The Bertz CT molecular complexity index is 607. The highest BCUT2D eigenvalue weighted by molar-refractivity contribution is 5.75. The summed E-state index contributed by atoms with van der Waals surface area (Å²) in [6.07, 6.45) is 0.799. The van der Waals surface area contributed by atoms with Gasteiger partial charge in [-0.1, -0.05) is 18.2 Å². The number of carbonyl (C=O) groups is 1. The van der Waals surface area contributed by atoms with Crippen LogP contribution in [0.3, 0.4) is 0 Å². The maximum absolute atomic E-state index is 10.7. The maximum Gasteiger partial charge on any atom is 0.231 e. The molecule has 96 valence electrons. The molecule has 0 aliphatic carbocycles. The number of rotatable bonds is 4. The van der Waals surface area contributed by atoms with Crippen molar-refractivity contribution in [2.24, 2.45) is 0 Å². The van der Waals surface area contributed by atoms with E-state index in [0.717, 1.165) is 23.3 Å². The van der Waals surface area contributed by atoms with E-state index in [1.54, 1.807) is 18.2 Å². The number of fused-ring (bicyclic) bond motifs is 1. The minimum Gasteiger partial charge on any atom is -0.489 e. The van der Waals surface area contributed by atoms with Gasteiger partial charge in [-0.2, -0.15) is 0 Å². The average molecular weight is 256 g/mol. The zero-order valence-corrected chi connectivity index (χ0v) is 10.2. The van der Waals surface area contributed by atoms with Crippen molar-refractivity contribution in [3.8, 4) is 17.2 Å². The van der Waals surface area contributed by atoms with Crippen molar-refractivity contribution in [3.05, 3.63) is 53.6 Å². The van der Waals surface area contributed by atoms with Gasteiger partial charge in [0.2, 0.25) is 6.79 Å². The maximum atomic E-state index is 10.7. The molecule has 0 aromatic heterocycles. The minimum atomic E-state index is 0.265. The molecule has 4 heteroatoms. The zero-order valence-electron chi connectivity index (χ0n) is 10.2. The molecule has 0 bridgehead atoms. The molecule has 0 radical (unpaired) electrons. The van der Waals surface area contributed by atoms with Crippen molar-refractivity contribution < 1.29 is 19.0 Å². The van der Waals surface area contributed by atoms with E-state index in [2.05, 4.69) is 0 Å². The molecule has 19 heavy (non-hydrogen) atoms. The summed E-state index contributed by atoms with van der Waals surface area (Å²) >= 11 is 0. The van der Waals surface area contributed by atoms with Crippen molar-refractivity contribution in [1.82, 2.24) is 0 Å². The molecule has 1 aliphatic heterocycles. The SMILES string of the molecule is O=Cc1cccc(OCc2ccc3c(c2)OCO3)c1. The lowest BCUT2D eigenvalue weighted by Crippen LogP contribution is -1.96. The minimum absolute atomic E-state index is 0.265. The number of hydrogen-bond acceptors (Lipinski definition) is 4. The van der Waals surface area contributed by atoms with E-state index < -0.39 is 0 Å². The van der Waals surface area contributed by atoms with Gasteiger partial charge in [-0.25, -0.2) is 0 Å². The predicted octanol–water partition coefficient (Wildman–Crippen LogP) is 2.81. The molecular formula is C15H12O4. The highest BCUT2D eigenvalue weighted by atomic mass is 16.7. The summed E-state index contributed by atoms with van der Waals surface area (Å²) in [6, 6.07) is 12.7. The van der Waals surface area contributed by atoms with Crippen LogP contribution in [0, 0.1) is 0 Å². The molecule has 0 saturated heterocycles. The normalized spacial score (nSPS) is 12.2. The molecule has 1 aliphatic rings. The first-order valence-electron chi connectivity index (χ1n) is 5.92. The van der Waals surface area contributed by atoms with Gasteiger partial charge in [0.1, 0.15) is 18.6 Å². The Morgan fingerprint density at radius 3 is 2.89 bits per heavy atom. The smallest absolute Gasteiger partial charge is 0.231 e. The summed E-state index contributed by atoms with van der Waals surface area (Å²) in [5.41, 5.74) is 1.59. The van der Waals surface area contributed by atoms with E-state index in [1.165, 1.54) is 0 Å². The van der Waals surface area contributed by atoms with Crippen LogP contribution in [0.2, 0.25) is 0 Å². The van der Waals surface area contributed by atoms with Gasteiger partial charge in [0.05, 0.1) is 0 Å². The van der Waals surface area contributed by atoms with E-state index in [4.69, 9.17) is 14.2 Å². The molecule has 0 saturated carbocycles. The monoisotopic (exact) mass is 256 g/mol. The van der Waals surface area contributed by atoms with Gasteiger partial charge in [-0.3, -0.25) is 4.79 Å². The number of hydrogen-bond donors (Lipinski definition) is 0. The second kappa shape index (κ2) is 5.02. The van der Waals surface area contributed by atoms with Crippen LogP contribution in [0.5, 0.6) is 17.2 Å². The molecule has 0 N–H and O–H groups in total. The van der Waals surface area contributed by atoms with Gasteiger partial charge in [0.15, 0.2) is 11.5 Å². The number of ether oxygens (including phenoxy) is 3. The third-order valence-corrected chi connectivity index (χ3v) is 2.84. The van der Waals surface area contributed by atoms with Crippen molar-refractivity contribution in [2.45, 2.75) is 6.61 Å². The van der Waals surface area contributed by atoms with Crippen LogP contribution in [0.25, 0.3) is 0 Å². The molecule has 4 nitrogen and oxygen atoms in total. The van der Waals surface area contributed by atoms with Gasteiger partial charge in [0, 0.05) is 5.56 Å². The quantitative estimate of drug-likeness (QED) is 0.789. The fraction of sp³-hybridized carbons (Fsp3) is 0.133. The van der Waals surface area contributed by atoms with Gasteiger partial charge in [-0.15, -0.1) is 0 Å². The average Bonchev–Trinajstić information content (AvgIpc) is 2.93. The largest absolute Gasteiger partial charge is 0.489 e. The highest BCUT2D eigenvalue weighted by Gasteiger charge is 2.13. The predicted molar refractivity (Wildman–Crippen MR) is 68.7 cm³/mol. The lowest BCUT2D eigenvalue weighted by molar-refractivity contribution is 0.112. The van der Waals surface area contributed by atoms with Crippen LogP contribution in [-0.4, -0.2) is 13.1 Å². The fourth-order valence-corrected chi connectivity index (χ4v) is 1.88. The van der Waals surface area contributed by atoms with Gasteiger partial charge < -0.3 is 14.2 Å². The molecule has 0 unspecified atom stereocenters. The highest BCUT2D eigenvalue weighted by Crippen LogP contribution is 2.32. The Kier molecular flexibility index (Phi) is 3.06. The van der Waals surface area contributed by atoms with E-state index in [1.807, 2.05) is 24.3 Å². The van der Waals surface area contributed by atoms with E-state index in [-0.39, 0.29) is 6.79 Å². The first-order chi connectivity index (χ1) is 9.35. The standard InChI is InChI=1S/C15H12O4/c16-8-11-2-1-3-13(6-11)17-9-12-4-5-14-15(7-12)19-10-18-14/h1-8H,9-10H2. The van der Waals surface area contributed by atoms with Crippen molar-refractivity contribution >= 4 is 6.29 Å². The van der Waals surface area contributed by atoms with Crippen LogP contribution < -0.4 is 14.2 Å². The summed E-state index contributed by atoms with van der Waals surface area (Å²) in [4.78, 5) is 10.7. The summed E-state index contributed by atoms with van der Waals surface area (Å²) in [5.74, 6) is 2.16. The van der Waals surface area contributed by atoms with Crippen LogP contribution in [-0.2, 0) is 6.61 Å². The third kappa shape index (κ3) is 2.52. The first kappa shape index (κ1) is 11.6. The summed E-state index contributed by atoms with van der Waals surface area (Å²) in [7, 11) is 0. The summed E-state index contributed by atoms with van der Waals surface area (Å²) in [5, 5.41) is 0. The Labute approximate surface area is 110 Å². The Hall–Kier alpha value is -2.49. The zero-order chi connectivity index (χ0) is 13.1. The summed E-state index contributed by atoms with van der Waals surface area (Å²) < 4.78 is 16.2. The molecule has 3 rings (SSSR count). The molecular weight excluding hydrogens is 244 g/mol. The molecule has 0 amide bonds. The number of aldehydes is 1. The van der Waals surface area contributed by atoms with Gasteiger partial charge in [0.25, 0.3) is 0 Å². The van der Waals surface area contributed by atoms with Gasteiger partial charge >= 0.3 is 0 Å². The van der Waals surface area contributed by atoms with Crippen LogP contribution in [0.1, 0.15) is 15.9 Å². The van der Waals surface area contributed by atoms with Crippen molar-refractivity contribution in [2.75, 3.05) is 6.79 Å². The Morgan fingerprint density at radius 2 is 2.00 bits per heavy atom. The van der Waals surface area contributed by atoms with Crippen LogP contribution in [0.15, 0.2) is 42.5 Å². The van der Waals surface area contributed by atoms with Crippen LogP contribution in [0.4, 0.5) is 0 Å². The topological polar surface area (TPSA) is 44.8 Å². The first-order valence-corrected chi connectivity index (χ1v) is 5.92. The number of benzene rings is 2.